The smallest absolute Gasteiger partial charge is 0.259 e. The predicted octanol–water partition coefficient (Wildman–Crippen LogP) is 1.70. The van der Waals surface area contributed by atoms with E-state index in [1.165, 1.54) is 0 Å². The summed E-state index contributed by atoms with van der Waals surface area (Å²) in [5.74, 6) is 0.154. The van der Waals surface area contributed by atoms with Crippen LogP contribution in [0.5, 0.6) is 0 Å². The average Bonchev–Trinajstić information content (AvgIpc) is 3.27. The molecular weight excluding hydrogens is 372 g/mol. The molecule has 1 aliphatic rings. The van der Waals surface area contributed by atoms with E-state index in [1.807, 2.05) is 31.4 Å². The van der Waals surface area contributed by atoms with Crippen molar-refractivity contribution in [2.75, 3.05) is 13.1 Å². The molecule has 4 rings (SSSR count). The van der Waals surface area contributed by atoms with Gasteiger partial charge in [0.25, 0.3) is 5.91 Å². The van der Waals surface area contributed by atoms with E-state index >= 15 is 0 Å². The predicted molar refractivity (Wildman–Crippen MR) is 107 cm³/mol. The zero-order valence-corrected chi connectivity index (χ0v) is 16.8. The van der Waals surface area contributed by atoms with Gasteiger partial charge in [-0.1, -0.05) is 5.16 Å². The first kappa shape index (κ1) is 19.3. The van der Waals surface area contributed by atoms with Crippen LogP contribution in [-0.2, 0) is 13.0 Å². The minimum atomic E-state index is -0.678. The van der Waals surface area contributed by atoms with Crippen LogP contribution >= 0.6 is 0 Å². The number of fused-ring (bicyclic) bond motifs is 1. The average molecular weight is 396 g/mol. The molecule has 4 heterocycles. The van der Waals surface area contributed by atoms with Crippen LogP contribution in [0.1, 0.15) is 34.4 Å². The van der Waals surface area contributed by atoms with Crippen LogP contribution in [-0.4, -0.2) is 49.8 Å². The highest BCUT2D eigenvalue weighted by molar-refractivity contribution is 5.97. The zero-order chi connectivity index (χ0) is 20.7. The molecule has 1 saturated heterocycles. The number of aromatic nitrogens is 3. The van der Waals surface area contributed by atoms with E-state index in [1.54, 1.807) is 23.2 Å². The SMILES string of the molecule is CCn1cc(C(=O)N2C[C@@H](Cc3cc(C)no3)[C@H](O)C2)c(=O)c2ccc(C)nc21. The summed E-state index contributed by atoms with van der Waals surface area (Å²) in [6.07, 6.45) is 1.40. The summed E-state index contributed by atoms with van der Waals surface area (Å²) in [6, 6.07) is 5.32. The number of aliphatic hydroxyl groups is 1. The topological polar surface area (TPSA) is 101 Å². The van der Waals surface area contributed by atoms with Gasteiger partial charge in [0, 0.05) is 49.9 Å². The normalized spacial score (nSPS) is 19.2. The Hall–Kier alpha value is -3.00. The van der Waals surface area contributed by atoms with E-state index < -0.39 is 6.10 Å². The van der Waals surface area contributed by atoms with Gasteiger partial charge < -0.3 is 19.1 Å². The van der Waals surface area contributed by atoms with Crippen LogP contribution in [0.3, 0.4) is 0 Å². The third kappa shape index (κ3) is 3.55. The molecule has 1 fully saturated rings. The summed E-state index contributed by atoms with van der Waals surface area (Å²) in [6.45, 7) is 6.77. The Bertz CT molecular complexity index is 1130. The molecule has 0 saturated carbocycles. The maximum absolute atomic E-state index is 13.1. The van der Waals surface area contributed by atoms with E-state index in [0.717, 1.165) is 11.4 Å². The molecule has 0 radical (unpaired) electrons. The molecule has 0 bridgehead atoms. The van der Waals surface area contributed by atoms with E-state index in [9.17, 15) is 14.7 Å². The highest BCUT2D eigenvalue weighted by Gasteiger charge is 2.36. The molecule has 3 aromatic rings. The molecular formula is C21H24N4O4. The second-order valence-corrected chi connectivity index (χ2v) is 7.66. The summed E-state index contributed by atoms with van der Waals surface area (Å²) < 4.78 is 7.05. The largest absolute Gasteiger partial charge is 0.391 e. The summed E-state index contributed by atoms with van der Waals surface area (Å²) in [4.78, 5) is 32.1. The van der Waals surface area contributed by atoms with Gasteiger partial charge in [0.2, 0.25) is 5.43 Å². The molecule has 0 unspecified atom stereocenters. The third-order valence-corrected chi connectivity index (χ3v) is 5.47. The third-order valence-electron chi connectivity index (χ3n) is 5.47. The highest BCUT2D eigenvalue weighted by atomic mass is 16.5. The van der Waals surface area contributed by atoms with Gasteiger partial charge in [0.1, 0.15) is 17.0 Å². The van der Waals surface area contributed by atoms with Crippen LogP contribution in [0.25, 0.3) is 11.0 Å². The van der Waals surface area contributed by atoms with Gasteiger partial charge in [0.05, 0.1) is 17.2 Å². The van der Waals surface area contributed by atoms with E-state index in [4.69, 9.17) is 4.52 Å². The van der Waals surface area contributed by atoms with Crippen molar-refractivity contribution in [1.82, 2.24) is 19.6 Å². The standard InChI is InChI=1S/C21H24N4O4/c1-4-24-10-17(19(27)16-6-5-12(2)22-20(16)24)21(28)25-9-14(18(26)11-25)8-15-7-13(3)23-29-15/h5-7,10,14,18,26H,4,8-9,11H2,1-3H3/t14-,18-/m1/s1. The molecule has 2 atom stereocenters. The van der Waals surface area contributed by atoms with E-state index in [0.29, 0.717) is 36.3 Å². The van der Waals surface area contributed by atoms with Crippen LogP contribution < -0.4 is 5.43 Å². The van der Waals surface area contributed by atoms with Gasteiger partial charge in [-0.3, -0.25) is 9.59 Å². The Balaban J connectivity index is 1.63. The fraction of sp³-hybridized carbons (Fsp3) is 0.429. The number of hydrogen-bond acceptors (Lipinski definition) is 6. The quantitative estimate of drug-likeness (QED) is 0.720. The molecule has 29 heavy (non-hydrogen) atoms. The lowest BCUT2D eigenvalue weighted by molar-refractivity contribution is 0.0762. The number of hydrogen-bond donors (Lipinski definition) is 1. The van der Waals surface area contributed by atoms with Crippen molar-refractivity contribution in [3.8, 4) is 0 Å². The number of carbonyl (C=O) groups is 1. The summed E-state index contributed by atoms with van der Waals surface area (Å²) >= 11 is 0. The zero-order valence-electron chi connectivity index (χ0n) is 16.8. The Labute approximate surface area is 167 Å². The maximum atomic E-state index is 13.1. The first-order valence-electron chi connectivity index (χ1n) is 9.77. The first-order valence-corrected chi connectivity index (χ1v) is 9.77. The number of aryl methyl sites for hydroxylation is 3. The van der Waals surface area contributed by atoms with E-state index in [2.05, 4.69) is 10.1 Å². The van der Waals surface area contributed by atoms with Crippen molar-refractivity contribution in [1.29, 1.82) is 0 Å². The maximum Gasteiger partial charge on any atom is 0.259 e. The van der Waals surface area contributed by atoms with Crippen LogP contribution in [0, 0.1) is 19.8 Å². The van der Waals surface area contributed by atoms with E-state index in [-0.39, 0.29) is 29.4 Å². The number of β-amino-alcohol motifs (C(OH)–C–C–N with tert-alkyl or cyclic N) is 1. The molecule has 1 amide bonds. The second kappa shape index (κ2) is 7.44. The van der Waals surface area contributed by atoms with Crippen molar-refractivity contribution in [3.63, 3.8) is 0 Å². The van der Waals surface area contributed by atoms with Gasteiger partial charge in [-0.15, -0.1) is 0 Å². The highest BCUT2D eigenvalue weighted by Crippen LogP contribution is 2.23. The minimum absolute atomic E-state index is 0.105. The van der Waals surface area contributed by atoms with Crippen molar-refractivity contribution in [2.45, 2.75) is 39.8 Å². The molecule has 8 nitrogen and oxygen atoms in total. The van der Waals surface area contributed by atoms with Gasteiger partial charge in [-0.25, -0.2) is 4.98 Å². The minimum Gasteiger partial charge on any atom is -0.391 e. The fourth-order valence-electron chi connectivity index (χ4n) is 3.92. The number of nitrogens with zero attached hydrogens (tertiary/aromatic N) is 4. The first-order chi connectivity index (χ1) is 13.9. The van der Waals surface area contributed by atoms with Crippen molar-refractivity contribution in [2.24, 2.45) is 5.92 Å². The second-order valence-electron chi connectivity index (χ2n) is 7.66. The molecule has 1 N–H and O–H groups in total. The van der Waals surface area contributed by atoms with Gasteiger partial charge >= 0.3 is 0 Å². The summed E-state index contributed by atoms with van der Waals surface area (Å²) in [5.41, 5.74) is 1.94. The molecule has 1 aliphatic heterocycles. The number of rotatable bonds is 4. The number of likely N-dealkylation sites (tertiary alicyclic amines) is 1. The van der Waals surface area contributed by atoms with Crippen LogP contribution in [0.4, 0.5) is 0 Å². The molecule has 0 spiro atoms. The Kier molecular flexibility index (Phi) is 4.96. The molecule has 152 valence electrons. The monoisotopic (exact) mass is 396 g/mol. The molecule has 0 aliphatic carbocycles. The van der Waals surface area contributed by atoms with Crippen LogP contribution in [0.2, 0.25) is 0 Å². The Morgan fingerprint density at radius 1 is 1.28 bits per heavy atom. The number of carbonyl (C=O) groups excluding carboxylic acids is 1. The van der Waals surface area contributed by atoms with Crippen LogP contribution in [0.15, 0.2) is 33.7 Å². The number of pyridine rings is 2. The lowest BCUT2D eigenvalue weighted by Crippen LogP contribution is -2.34. The number of aliphatic hydroxyl groups excluding tert-OH is 1. The molecule has 8 heteroatoms. The van der Waals surface area contributed by atoms with Crippen molar-refractivity contribution in [3.05, 3.63) is 57.3 Å². The van der Waals surface area contributed by atoms with Gasteiger partial charge in [-0.05, 0) is 32.9 Å². The lowest BCUT2D eigenvalue weighted by atomic mass is 10.0. The summed E-state index contributed by atoms with van der Waals surface area (Å²) in [5, 5.41) is 14.7. The van der Waals surface area contributed by atoms with Crippen molar-refractivity contribution < 1.29 is 14.4 Å². The fourth-order valence-corrected chi connectivity index (χ4v) is 3.92. The lowest BCUT2D eigenvalue weighted by Gasteiger charge is -2.17. The molecule has 3 aromatic heterocycles. The Morgan fingerprint density at radius 3 is 2.76 bits per heavy atom. The van der Waals surface area contributed by atoms with Gasteiger partial charge in [-0.2, -0.15) is 0 Å². The summed E-state index contributed by atoms with van der Waals surface area (Å²) in [7, 11) is 0. The van der Waals surface area contributed by atoms with Gasteiger partial charge in [0.15, 0.2) is 0 Å². The number of amides is 1. The van der Waals surface area contributed by atoms with Crippen molar-refractivity contribution >= 4 is 16.9 Å². The molecule has 0 aromatic carbocycles. The Morgan fingerprint density at radius 2 is 2.07 bits per heavy atom.